The Balaban J connectivity index is 0.00000192. The van der Waals surface area contributed by atoms with Gasteiger partial charge in [0.25, 0.3) is 5.91 Å². The molecule has 1 heterocycles. The summed E-state index contributed by atoms with van der Waals surface area (Å²) in [6.07, 6.45) is 1.63. The van der Waals surface area contributed by atoms with Crippen LogP contribution in [0, 0.1) is 5.82 Å². The summed E-state index contributed by atoms with van der Waals surface area (Å²) in [4.78, 5) is 18.9. The van der Waals surface area contributed by atoms with E-state index in [2.05, 4.69) is 15.3 Å². The fourth-order valence-electron chi connectivity index (χ4n) is 2.05. The van der Waals surface area contributed by atoms with Crippen LogP contribution in [0.2, 0.25) is 0 Å². The molecule has 0 atom stereocenters. The minimum atomic E-state index is -0.445. The normalized spacial score (nSPS) is 9.96. The van der Waals surface area contributed by atoms with E-state index in [4.69, 9.17) is 5.73 Å². The molecule has 2 aromatic carbocycles. The zero-order valence-electron chi connectivity index (χ0n) is 11.9. The number of anilines is 2. The number of imidazole rings is 1. The number of halogens is 2. The van der Waals surface area contributed by atoms with Crippen LogP contribution in [0.1, 0.15) is 10.4 Å². The van der Waals surface area contributed by atoms with Crippen LogP contribution < -0.4 is 11.1 Å². The quantitative estimate of drug-likeness (QED) is 0.686. The summed E-state index contributed by atoms with van der Waals surface area (Å²) in [6, 6.07) is 12.7. The Bertz CT molecular complexity index is 817. The lowest BCUT2D eigenvalue weighted by Crippen LogP contribution is -2.11. The molecule has 3 aromatic rings. The molecule has 0 aliphatic rings. The number of benzene rings is 2. The number of amides is 1. The predicted molar refractivity (Wildman–Crippen MR) is 90.0 cm³/mol. The molecule has 0 saturated heterocycles. The summed E-state index contributed by atoms with van der Waals surface area (Å²) >= 11 is 0. The molecule has 5 nitrogen and oxygen atoms in total. The Labute approximate surface area is 138 Å². The van der Waals surface area contributed by atoms with E-state index in [-0.39, 0.29) is 23.9 Å². The molecule has 0 aliphatic carbocycles. The van der Waals surface area contributed by atoms with Gasteiger partial charge in [0.1, 0.15) is 5.82 Å². The summed E-state index contributed by atoms with van der Waals surface area (Å²) < 4.78 is 13.1. The molecule has 1 amide bonds. The Hall–Kier alpha value is -2.86. The van der Waals surface area contributed by atoms with Crippen LogP contribution in [0.5, 0.6) is 0 Å². The highest BCUT2D eigenvalue weighted by Crippen LogP contribution is 2.20. The van der Waals surface area contributed by atoms with Crippen molar-refractivity contribution in [3.8, 4) is 11.3 Å². The smallest absolute Gasteiger partial charge is 0.255 e. The minimum absolute atomic E-state index is 0. The molecular weight excluding hydrogens is 319 g/mol. The van der Waals surface area contributed by atoms with E-state index in [1.54, 1.807) is 24.4 Å². The number of H-pyrrole nitrogens is 1. The predicted octanol–water partition coefficient (Wildman–Crippen LogP) is 3.47. The first kappa shape index (κ1) is 16.5. The highest BCUT2D eigenvalue weighted by atomic mass is 35.5. The van der Waals surface area contributed by atoms with Crippen molar-refractivity contribution in [1.29, 1.82) is 0 Å². The van der Waals surface area contributed by atoms with E-state index in [9.17, 15) is 9.18 Å². The van der Waals surface area contributed by atoms with Crippen molar-refractivity contribution in [2.24, 2.45) is 0 Å². The van der Waals surface area contributed by atoms with E-state index in [0.29, 0.717) is 11.6 Å². The molecule has 0 aliphatic heterocycles. The number of nitrogen functional groups attached to an aromatic ring is 1. The number of hydrogen-bond donors (Lipinski definition) is 3. The second kappa shape index (κ2) is 6.93. The maximum Gasteiger partial charge on any atom is 0.255 e. The van der Waals surface area contributed by atoms with Crippen LogP contribution in [0.25, 0.3) is 11.3 Å². The number of carbonyl (C=O) groups is 1. The van der Waals surface area contributed by atoms with E-state index in [1.165, 1.54) is 18.2 Å². The van der Waals surface area contributed by atoms with Gasteiger partial charge in [0.2, 0.25) is 0 Å². The molecule has 4 N–H and O–H groups in total. The SMILES string of the molecule is Cl.Nc1ncc(-c2ccc(NC(=O)c3cccc(F)c3)cc2)[nH]1. The van der Waals surface area contributed by atoms with Crippen molar-refractivity contribution in [2.75, 3.05) is 11.1 Å². The first-order chi connectivity index (χ1) is 10.6. The third kappa shape index (κ3) is 3.87. The van der Waals surface area contributed by atoms with Gasteiger partial charge in [-0.25, -0.2) is 9.37 Å². The van der Waals surface area contributed by atoms with Gasteiger partial charge in [0.15, 0.2) is 5.95 Å². The number of rotatable bonds is 3. The highest BCUT2D eigenvalue weighted by Gasteiger charge is 2.07. The zero-order valence-corrected chi connectivity index (χ0v) is 12.7. The average Bonchev–Trinajstić information content (AvgIpc) is 2.94. The number of nitrogens with one attached hydrogen (secondary N) is 2. The first-order valence-corrected chi connectivity index (χ1v) is 6.59. The van der Waals surface area contributed by atoms with Gasteiger partial charge in [0, 0.05) is 11.3 Å². The molecule has 0 spiro atoms. The molecule has 0 saturated carbocycles. The fraction of sp³-hybridized carbons (Fsp3) is 0. The Kier molecular flexibility index (Phi) is 4.98. The van der Waals surface area contributed by atoms with Crippen molar-refractivity contribution >= 4 is 29.9 Å². The minimum Gasteiger partial charge on any atom is -0.369 e. The lowest BCUT2D eigenvalue weighted by molar-refractivity contribution is 0.102. The lowest BCUT2D eigenvalue weighted by atomic mass is 10.1. The van der Waals surface area contributed by atoms with Crippen molar-refractivity contribution in [3.05, 3.63) is 66.1 Å². The summed E-state index contributed by atoms with van der Waals surface area (Å²) in [7, 11) is 0. The summed E-state index contributed by atoms with van der Waals surface area (Å²) in [5.74, 6) is -0.462. The average molecular weight is 333 g/mol. The second-order valence-electron chi connectivity index (χ2n) is 4.72. The van der Waals surface area contributed by atoms with Crippen LogP contribution in [0.4, 0.5) is 16.0 Å². The van der Waals surface area contributed by atoms with Gasteiger partial charge in [0.05, 0.1) is 11.9 Å². The molecule has 3 rings (SSSR count). The van der Waals surface area contributed by atoms with Crippen LogP contribution in [-0.4, -0.2) is 15.9 Å². The van der Waals surface area contributed by atoms with Crippen LogP contribution >= 0.6 is 12.4 Å². The van der Waals surface area contributed by atoms with Gasteiger partial charge >= 0.3 is 0 Å². The topological polar surface area (TPSA) is 83.8 Å². The number of nitrogens with zero attached hydrogens (tertiary/aromatic N) is 1. The maximum atomic E-state index is 13.1. The molecule has 7 heteroatoms. The molecule has 0 unspecified atom stereocenters. The van der Waals surface area contributed by atoms with E-state index < -0.39 is 5.82 Å². The first-order valence-electron chi connectivity index (χ1n) is 6.59. The fourth-order valence-corrected chi connectivity index (χ4v) is 2.05. The number of hydrogen-bond acceptors (Lipinski definition) is 3. The van der Waals surface area contributed by atoms with Crippen molar-refractivity contribution in [1.82, 2.24) is 9.97 Å². The van der Waals surface area contributed by atoms with Gasteiger partial charge in [-0.1, -0.05) is 18.2 Å². The van der Waals surface area contributed by atoms with Crippen molar-refractivity contribution in [3.63, 3.8) is 0 Å². The second-order valence-corrected chi connectivity index (χ2v) is 4.72. The number of aromatic amines is 1. The summed E-state index contributed by atoms with van der Waals surface area (Å²) in [6.45, 7) is 0. The Morgan fingerprint density at radius 2 is 1.91 bits per heavy atom. The molecule has 0 fully saturated rings. The highest BCUT2D eigenvalue weighted by molar-refractivity contribution is 6.04. The molecular formula is C16H14ClFN4O. The summed E-state index contributed by atoms with van der Waals surface area (Å²) in [5, 5.41) is 2.71. The largest absolute Gasteiger partial charge is 0.369 e. The van der Waals surface area contributed by atoms with Gasteiger partial charge in [-0.15, -0.1) is 12.4 Å². The van der Waals surface area contributed by atoms with Gasteiger partial charge < -0.3 is 16.0 Å². The van der Waals surface area contributed by atoms with Crippen LogP contribution in [0.3, 0.4) is 0 Å². The maximum absolute atomic E-state index is 13.1. The molecule has 0 radical (unpaired) electrons. The Morgan fingerprint density at radius 1 is 1.17 bits per heavy atom. The third-order valence-electron chi connectivity index (χ3n) is 3.14. The van der Waals surface area contributed by atoms with Crippen molar-refractivity contribution < 1.29 is 9.18 Å². The van der Waals surface area contributed by atoms with Crippen molar-refractivity contribution in [2.45, 2.75) is 0 Å². The molecule has 23 heavy (non-hydrogen) atoms. The van der Waals surface area contributed by atoms with Crippen LogP contribution in [-0.2, 0) is 0 Å². The van der Waals surface area contributed by atoms with Gasteiger partial charge in [-0.2, -0.15) is 0 Å². The lowest BCUT2D eigenvalue weighted by Gasteiger charge is -2.06. The Morgan fingerprint density at radius 3 is 2.52 bits per heavy atom. The van der Waals surface area contributed by atoms with Gasteiger partial charge in [-0.05, 0) is 35.9 Å². The van der Waals surface area contributed by atoms with Crippen LogP contribution in [0.15, 0.2) is 54.7 Å². The standard InChI is InChI=1S/C16H13FN4O.ClH/c17-12-3-1-2-11(8-12)15(22)20-13-6-4-10(5-7-13)14-9-19-16(18)21-14;/h1-9H,(H,20,22)(H3,18,19,21);1H. The van der Waals surface area contributed by atoms with E-state index in [1.807, 2.05) is 12.1 Å². The third-order valence-corrected chi connectivity index (χ3v) is 3.14. The summed E-state index contributed by atoms with van der Waals surface area (Å²) in [5.41, 5.74) is 8.11. The van der Waals surface area contributed by atoms with Gasteiger partial charge in [-0.3, -0.25) is 4.79 Å². The molecule has 118 valence electrons. The monoisotopic (exact) mass is 332 g/mol. The molecule has 1 aromatic heterocycles. The number of aromatic nitrogens is 2. The molecule has 0 bridgehead atoms. The van der Waals surface area contributed by atoms with E-state index in [0.717, 1.165) is 11.3 Å². The number of carbonyl (C=O) groups excluding carboxylic acids is 1. The zero-order chi connectivity index (χ0) is 15.5. The van der Waals surface area contributed by atoms with E-state index >= 15 is 0 Å². The number of nitrogens with two attached hydrogens (primary N) is 1.